The van der Waals surface area contributed by atoms with Crippen molar-refractivity contribution in [3.05, 3.63) is 46.7 Å². The van der Waals surface area contributed by atoms with E-state index in [0.29, 0.717) is 30.3 Å². The molecule has 0 saturated heterocycles. The minimum absolute atomic E-state index is 0.0642. The molecule has 5 nitrogen and oxygen atoms in total. The van der Waals surface area contributed by atoms with Gasteiger partial charge in [0.05, 0.1) is 6.54 Å². The first-order chi connectivity index (χ1) is 12.1. The minimum Gasteiger partial charge on any atom is -0.320 e. The highest BCUT2D eigenvalue weighted by atomic mass is 19.1. The van der Waals surface area contributed by atoms with Crippen LogP contribution in [0.15, 0.2) is 18.2 Å². The summed E-state index contributed by atoms with van der Waals surface area (Å²) >= 11 is 0. The second-order valence-corrected chi connectivity index (χ2v) is 6.63. The molecule has 2 heterocycles. The summed E-state index contributed by atoms with van der Waals surface area (Å²) in [6, 6.07) is 3.83. The highest BCUT2D eigenvalue weighted by Gasteiger charge is 2.29. The van der Waals surface area contributed by atoms with Gasteiger partial charge in [-0.2, -0.15) is 5.10 Å². The molecule has 1 aliphatic carbocycles. The van der Waals surface area contributed by atoms with Gasteiger partial charge >= 0.3 is 6.03 Å². The molecule has 0 atom stereocenters. The van der Waals surface area contributed by atoms with Gasteiger partial charge < -0.3 is 4.90 Å². The first-order valence-corrected chi connectivity index (χ1v) is 8.66. The van der Waals surface area contributed by atoms with Crippen LogP contribution < -0.4 is 5.32 Å². The third-order valence-corrected chi connectivity index (χ3v) is 4.93. The van der Waals surface area contributed by atoms with Crippen molar-refractivity contribution in [2.75, 3.05) is 11.9 Å². The molecule has 2 aromatic rings. The molecule has 1 aromatic carbocycles. The minimum atomic E-state index is -0.472. The largest absolute Gasteiger partial charge is 0.323 e. The third kappa shape index (κ3) is 2.99. The molecular weight excluding hydrogens is 326 g/mol. The molecule has 1 aliphatic heterocycles. The molecule has 1 N–H and O–H groups in total. The Morgan fingerprint density at radius 3 is 2.68 bits per heavy atom. The Balaban J connectivity index is 1.50. The smallest absolute Gasteiger partial charge is 0.320 e. The fourth-order valence-electron chi connectivity index (χ4n) is 3.41. The summed E-state index contributed by atoms with van der Waals surface area (Å²) in [5.74, 6) is 0.170. The number of benzene rings is 1. The third-order valence-electron chi connectivity index (χ3n) is 4.93. The van der Waals surface area contributed by atoms with Crippen LogP contribution >= 0.6 is 0 Å². The summed E-state index contributed by atoms with van der Waals surface area (Å²) < 4.78 is 29.7. The van der Waals surface area contributed by atoms with Crippen molar-refractivity contribution in [3.63, 3.8) is 0 Å². The first-order valence-electron chi connectivity index (χ1n) is 8.66. The summed E-state index contributed by atoms with van der Waals surface area (Å²) in [5, 5.41) is 7.22. The molecule has 1 saturated carbocycles. The lowest BCUT2D eigenvalue weighted by Gasteiger charge is -2.29. The van der Waals surface area contributed by atoms with Crippen molar-refractivity contribution < 1.29 is 13.6 Å². The summed E-state index contributed by atoms with van der Waals surface area (Å²) in [4.78, 5) is 14.0. The molecule has 132 valence electrons. The van der Waals surface area contributed by atoms with Gasteiger partial charge in [-0.05, 0) is 43.9 Å². The van der Waals surface area contributed by atoms with Crippen molar-refractivity contribution in [1.82, 2.24) is 14.7 Å². The van der Waals surface area contributed by atoms with Crippen LogP contribution in [-0.2, 0) is 19.5 Å². The lowest BCUT2D eigenvalue weighted by Crippen LogP contribution is -2.39. The molecular formula is C18H20F2N4O. The Kier molecular flexibility index (Phi) is 3.94. The van der Waals surface area contributed by atoms with Gasteiger partial charge in [0, 0.05) is 36.3 Å². The summed E-state index contributed by atoms with van der Waals surface area (Å²) in [5.41, 5.74) is 1.78. The number of hydrogen-bond acceptors (Lipinski definition) is 2. The van der Waals surface area contributed by atoms with E-state index in [1.807, 2.05) is 17.7 Å². The van der Waals surface area contributed by atoms with Gasteiger partial charge in [0.25, 0.3) is 0 Å². The van der Waals surface area contributed by atoms with Gasteiger partial charge in [0.1, 0.15) is 11.6 Å². The van der Waals surface area contributed by atoms with Crippen molar-refractivity contribution in [1.29, 1.82) is 0 Å². The Hall–Kier alpha value is -2.44. The molecule has 1 fully saturated rings. The van der Waals surface area contributed by atoms with Crippen LogP contribution in [0.2, 0.25) is 0 Å². The zero-order valence-electron chi connectivity index (χ0n) is 14.1. The highest BCUT2D eigenvalue weighted by Crippen LogP contribution is 2.40. The fourth-order valence-corrected chi connectivity index (χ4v) is 3.41. The van der Waals surface area contributed by atoms with E-state index >= 15 is 0 Å². The highest BCUT2D eigenvalue weighted by molar-refractivity contribution is 5.88. The maximum atomic E-state index is 14.0. The van der Waals surface area contributed by atoms with Crippen LogP contribution in [0.1, 0.15) is 42.5 Å². The molecule has 4 rings (SSSR count). The Morgan fingerprint density at radius 2 is 2.00 bits per heavy atom. The average Bonchev–Trinajstić information content (AvgIpc) is 3.38. The maximum Gasteiger partial charge on any atom is 0.323 e. The molecule has 0 spiro atoms. The van der Waals surface area contributed by atoms with E-state index in [4.69, 9.17) is 0 Å². The van der Waals surface area contributed by atoms with Crippen molar-refractivity contribution in [2.24, 2.45) is 0 Å². The normalized spacial score (nSPS) is 16.7. The number of aromatic nitrogens is 2. The van der Waals surface area contributed by atoms with Crippen LogP contribution in [0.5, 0.6) is 0 Å². The van der Waals surface area contributed by atoms with E-state index in [0.717, 1.165) is 37.2 Å². The SMILES string of the molecule is CCn1nc(NC(=O)N2CCc3c(F)ccc(F)c3C2)cc1C1CC1. The van der Waals surface area contributed by atoms with E-state index in [1.54, 1.807) is 0 Å². The van der Waals surface area contributed by atoms with Gasteiger partial charge in [-0.1, -0.05) is 0 Å². The van der Waals surface area contributed by atoms with Crippen LogP contribution in [0.3, 0.4) is 0 Å². The van der Waals surface area contributed by atoms with Gasteiger partial charge in [0.2, 0.25) is 0 Å². The van der Waals surface area contributed by atoms with Crippen LogP contribution in [0.4, 0.5) is 19.4 Å². The number of anilines is 1. The lowest BCUT2D eigenvalue weighted by atomic mass is 9.99. The van der Waals surface area contributed by atoms with E-state index in [-0.39, 0.29) is 18.1 Å². The number of aryl methyl sites for hydroxylation is 1. The van der Waals surface area contributed by atoms with Crippen molar-refractivity contribution in [2.45, 2.75) is 45.2 Å². The lowest BCUT2D eigenvalue weighted by molar-refractivity contribution is 0.204. The van der Waals surface area contributed by atoms with E-state index < -0.39 is 11.6 Å². The number of nitrogens with one attached hydrogen (secondary N) is 1. The molecule has 2 aliphatic rings. The van der Waals surface area contributed by atoms with E-state index in [1.165, 1.54) is 4.90 Å². The molecule has 0 unspecified atom stereocenters. The van der Waals surface area contributed by atoms with Gasteiger partial charge in [-0.3, -0.25) is 10.00 Å². The molecule has 0 radical (unpaired) electrons. The standard InChI is InChI=1S/C18H20F2N4O/c1-2-24-16(11-3-4-11)9-17(22-24)21-18(25)23-8-7-12-13(10-23)15(20)6-5-14(12)19/h5-6,9,11H,2-4,7-8,10H2,1H3,(H,21,22,25). The van der Waals surface area contributed by atoms with Gasteiger partial charge in [0.15, 0.2) is 5.82 Å². The Labute approximate surface area is 144 Å². The molecule has 2 amide bonds. The summed E-state index contributed by atoms with van der Waals surface area (Å²) in [6.07, 6.45) is 2.63. The number of fused-ring (bicyclic) bond motifs is 1. The number of carbonyl (C=O) groups excluding carboxylic acids is 1. The topological polar surface area (TPSA) is 50.2 Å². The predicted octanol–water partition coefficient (Wildman–Crippen LogP) is 3.65. The monoisotopic (exact) mass is 346 g/mol. The fraction of sp³-hybridized carbons (Fsp3) is 0.444. The number of carbonyl (C=O) groups is 1. The quantitative estimate of drug-likeness (QED) is 0.922. The maximum absolute atomic E-state index is 14.0. The second kappa shape index (κ2) is 6.13. The number of halogens is 2. The van der Waals surface area contributed by atoms with E-state index in [9.17, 15) is 13.6 Å². The number of nitrogens with zero attached hydrogens (tertiary/aromatic N) is 3. The van der Waals surface area contributed by atoms with Crippen LogP contribution in [0, 0.1) is 11.6 Å². The number of hydrogen-bond donors (Lipinski definition) is 1. The summed E-state index contributed by atoms with van der Waals surface area (Å²) in [7, 11) is 0. The van der Waals surface area contributed by atoms with E-state index in [2.05, 4.69) is 10.4 Å². The molecule has 1 aromatic heterocycles. The van der Waals surface area contributed by atoms with Crippen LogP contribution in [-0.4, -0.2) is 27.3 Å². The molecule has 25 heavy (non-hydrogen) atoms. The number of urea groups is 1. The summed E-state index contributed by atoms with van der Waals surface area (Å²) in [6.45, 7) is 3.19. The van der Waals surface area contributed by atoms with Gasteiger partial charge in [-0.25, -0.2) is 13.6 Å². The molecule has 0 bridgehead atoms. The number of amides is 2. The zero-order valence-corrected chi connectivity index (χ0v) is 14.1. The second-order valence-electron chi connectivity index (χ2n) is 6.63. The zero-order chi connectivity index (χ0) is 17.6. The Morgan fingerprint density at radius 1 is 1.28 bits per heavy atom. The van der Waals surface area contributed by atoms with Gasteiger partial charge in [-0.15, -0.1) is 0 Å². The molecule has 7 heteroatoms. The van der Waals surface area contributed by atoms with Crippen molar-refractivity contribution in [3.8, 4) is 0 Å². The average molecular weight is 346 g/mol. The Bertz CT molecular complexity index is 829. The predicted molar refractivity (Wildman–Crippen MR) is 89.4 cm³/mol. The first kappa shape index (κ1) is 16.1. The number of rotatable bonds is 3. The van der Waals surface area contributed by atoms with Crippen LogP contribution in [0.25, 0.3) is 0 Å². The van der Waals surface area contributed by atoms with Crippen molar-refractivity contribution >= 4 is 11.8 Å².